The number of alkyl halides is 3. The summed E-state index contributed by atoms with van der Waals surface area (Å²) >= 11 is 1.41. The highest BCUT2D eigenvalue weighted by Gasteiger charge is 2.40. The van der Waals surface area contributed by atoms with Crippen LogP contribution in [0.2, 0.25) is 0 Å². The van der Waals surface area contributed by atoms with Crippen LogP contribution in [0.25, 0.3) is 0 Å². The van der Waals surface area contributed by atoms with Gasteiger partial charge in [0.15, 0.2) is 5.69 Å². The first-order valence-electron chi connectivity index (χ1n) is 5.67. The topological polar surface area (TPSA) is 49.7 Å². The summed E-state index contributed by atoms with van der Waals surface area (Å²) in [6.07, 6.45) is 1.77. The second-order valence-electron chi connectivity index (χ2n) is 4.25. The average molecular weight is 301 g/mol. The molecule has 1 atom stereocenters. The summed E-state index contributed by atoms with van der Waals surface area (Å²) in [5.41, 5.74) is -0.0509. The van der Waals surface area contributed by atoms with Gasteiger partial charge in [0.2, 0.25) is 0 Å². The highest BCUT2D eigenvalue weighted by atomic mass is 32.2. The van der Waals surface area contributed by atoms with Crippen LogP contribution < -0.4 is 4.90 Å². The van der Waals surface area contributed by atoms with Crippen LogP contribution in [-0.4, -0.2) is 20.0 Å². The van der Waals surface area contributed by atoms with E-state index >= 15 is 0 Å². The smallest absolute Gasteiger partial charge is 0.327 e. The zero-order valence-electron chi connectivity index (χ0n) is 10.3. The first kappa shape index (κ1) is 13.1. The maximum atomic E-state index is 13.0. The molecule has 0 radical (unpaired) electrons. The van der Waals surface area contributed by atoms with Crippen molar-refractivity contribution in [2.75, 3.05) is 4.90 Å². The molecule has 3 heterocycles. The van der Waals surface area contributed by atoms with Crippen LogP contribution in [0.5, 0.6) is 0 Å². The number of aromatic nitrogens is 4. The minimum atomic E-state index is -4.49. The maximum Gasteiger partial charge on any atom is 0.437 e. The normalized spacial score (nSPS) is 19.0. The third kappa shape index (κ3) is 2.17. The van der Waals surface area contributed by atoms with Crippen LogP contribution in [-0.2, 0) is 13.2 Å². The summed E-state index contributed by atoms with van der Waals surface area (Å²) in [6, 6.07) is 0. The van der Waals surface area contributed by atoms with E-state index in [2.05, 4.69) is 15.3 Å². The van der Waals surface area contributed by atoms with Gasteiger partial charge in [0, 0.05) is 31.2 Å². The van der Waals surface area contributed by atoms with Gasteiger partial charge in [-0.05, 0) is 5.41 Å². The number of hydrogen-bond acceptors (Lipinski definition) is 4. The quantitative estimate of drug-likeness (QED) is 0.926. The Morgan fingerprint density at radius 3 is 2.85 bits per heavy atom. The van der Waals surface area contributed by atoms with Crippen LogP contribution in [0, 0.1) is 0 Å². The highest BCUT2D eigenvalue weighted by molar-refractivity contribution is 8.02. The number of thioether (sulfide) groups is 1. The van der Waals surface area contributed by atoms with Gasteiger partial charge in [0.25, 0.3) is 0 Å². The second kappa shape index (κ2) is 4.58. The van der Waals surface area contributed by atoms with E-state index < -0.39 is 11.9 Å². The summed E-state index contributed by atoms with van der Waals surface area (Å²) in [6.45, 7) is 0. The monoisotopic (exact) mass is 301 g/mol. The summed E-state index contributed by atoms with van der Waals surface area (Å²) in [5.74, 6) is 0. The van der Waals surface area contributed by atoms with E-state index in [9.17, 15) is 13.2 Å². The maximum absolute atomic E-state index is 13.0. The Morgan fingerprint density at radius 2 is 2.20 bits per heavy atom. The zero-order valence-corrected chi connectivity index (χ0v) is 11.1. The summed E-state index contributed by atoms with van der Waals surface area (Å²) in [7, 11) is 1.47. The van der Waals surface area contributed by atoms with E-state index in [-0.39, 0.29) is 11.1 Å². The number of nitrogens with zero attached hydrogens (tertiary/aromatic N) is 4. The van der Waals surface area contributed by atoms with Crippen molar-refractivity contribution in [3.05, 3.63) is 41.5 Å². The molecular weight excluding hydrogens is 291 g/mol. The number of hydrogen-bond donors (Lipinski definition) is 1. The van der Waals surface area contributed by atoms with Crippen molar-refractivity contribution >= 4 is 17.4 Å². The molecule has 9 heteroatoms. The van der Waals surface area contributed by atoms with Crippen LogP contribution in [0.1, 0.15) is 16.6 Å². The highest BCUT2D eigenvalue weighted by Crippen LogP contribution is 2.45. The fourth-order valence-electron chi connectivity index (χ4n) is 2.03. The molecule has 1 aliphatic heterocycles. The fourth-order valence-corrected chi connectivity index (χ4v) is 2.98. The first-order valence-corrected chi connectivity index (χ1v) is 6.61. The van der Waals surface area contributed by atoms with Crippen LogP contribution >= 0.6 is 11.8 Å². The molecule has 0 saturated heterocycles. The number of nitrogens with one attached hydrogen (secondary N) is 1. The van der Waals surface area contributed by atoms with Gasteiger partial charge in [0.1, 0.15) is 5.37 Å². The molecule has 0 aliphatic carbocycles. The van der Waals surface area contributed by atoms with Crippen molar-refractivity contribution in [3.63, 3.8) is 0 Å². The lowest BCUT2D eigenvalue weighted by Gasteiger charge is -2.23. The van der Waals surface area contributed by atoms with Gasteiger partial charge in [-0.2, -0.15) is 23.4 Å². The van der Waals surface area contributed by atoms with Crippen LogP contribution in [0.3, 0.4) is 0 Å². The molecule has 1 N–H and O–H groups in total. The van der Waals surface area contributed by atoms with Crippen molar-refractivity contribution in [3.8, 4) is 0 Å². The van der Waals surface area contributed by atoms with E-state index in [4.69, 9.17) is 0 Å². The van der Waals surface area contributed by atoms with E-state index in [1.54, 1.807) is 28.9 Å². The first-order chi connectivity index (χ1) is 9.47. The molecule has 0 spiro atoms. The lowest BCUT2D eigenvalue weighted by atomic mass is 10.2. The van der Waals surface area contributed by atoms with E-state index in [0.717, 1.165) is 5.56 Å². The van der Waals surface area contributed by atoms with Crippen molar-refractivity contribution in [2.45, 2.75) is 11.6 Å². The Kier molecular flexibility index (Phi) is 3.00. The number of aryl methyl sites for hydroxylation is 1. The van der Waals surface area contributed by atoms with E-state index in [0.29, 0.717) is 0 Å². The van der Waals surface area contributed by atoms with Gasteiger partial charge in [-0.25, -0.2) is 0 Å². The van der Waals surface area contributed by atoms with Crippen LogP contribution in [0.4, 0.5) is 18.9 Å². The SMILES string of the molecule is Cn1cc(N2C=CSC2c2cn[nH]c2)c(C(F)(F)F)n1. The van der Waals surface area contributed by atoms with Gasteiger partial charge >= 0.3 is 6.18 Å². The number of aromatic amines is 1. The standard InChI is InChI=1S/C11H10F3N5S/c1-18-6-8(9(17-18)11(12,13)14)19-2-3-20-10(19)7-4-15-16-5-7/h2-6,10H,1H3,(H,15,16). The molecule has 0 fully saturated rings. The molecular formula is C11H10F3N5S. The number of anilines is 1. The molecule has 2 aromatic heterocycles. The summed E-state index contributed by atoms with van der Waals surface area (Å²) in [4.78, 5) is 1.55. The van der Waals surface area contributed by atoms with Crippen molar-refractivity contribution < 1.29 is 13.2 Å². The molecule has 106 valence electrons. The molecule has 2 aromatic rings. The Bertz CT molecular complexity index is 631. The summed E-state index contributed by atoms with van der Waals surface area (Å²) < 4.78 is 40.3. The third-order valence-electron chi connectivity index (χ3n) is 2.84. The molecule has 1 aliphatic rings. The Hall–Kier alpha value is -1.90. The molecule has 0 amide bonds. The molecule has 0 saturated carbocycles. The van der Waals surface area contributed by atoms with Gasteiger partial charge in [-0.1, -0.05) is 0 Å². The van der Waals surface area contributed by atoms with Gasteiger partial charge < -0.3 is 4.90 Å². The van der Waals surface area contributed by atoms with Gasteiger partial charge in [-0.15, -0.1) is 11.8 Å². The predicted octanol–water partition coefficient (Wildman–Crippen LogP) is 2.89. The van der Waals surface area contributed by atoms with Crippen LogP contribution in [0.15, 0.2) is 30.2 Å². The van der Waals surface area contributed by atoms with Gasteiger partial charge in [0.05, 0.1) is 11.9 Å². The molecule has 3 rings (SSSR count). The van der Waals surface area contributed by atoms with E-state index in [1.807, 2.05) is 0 Å². The molecule has 0 aromatic carbocycles. The zero-order chi connectivity index (χ0) is 14.3. The second-order valence-corrected chi connectivity index (χ2v) is 5.24. The Morgan fingerprint density at radius 1 is 1.40 bits per heavy atom. The minimum Gasteiger partial charge on any atom is -0.327 e. The lowest BCUT2D eigenvalue weighted by Crippen LogP contribution is -2.20. The largest absolute Gasteiger partial charge is 0.437 e. The average Bonchev–Trinajstić information content (AvgIpc) is 3.06. The van der Waals surface area contributed by atoms with Crippen molar-refractivity contribution in [1.29, 1.82) is 0 Å². The molecule has 5 nitrogen and oxygen atoms in total. The number of halogens is 3. The van der Waals surface area contributed by atoms with Crippen molar-refractivity contribution in [2.24, 2.45) is 7.05 Å². The minimum absolute atomic E-state index is 0.0347. The molecule has 20 heavy (non-hydrogen) atoms. The number of H-pyrrole nitrogens is 1. The van der Waals surface area contributed by atoms with E-state index in [1.165, 1.54) is 29.7 Å². The predicted molar refractivity (Wildman–Crippen MR) is 68.7 cm³/mol. The Balaban J connectivity index is 2.02. The Labute approximate surface area is 116 Å². The van der Waals surface area contributed by atoms with Crippen molar-refractivity contribution in [1.82, 2.24) is 20.0 Å². The third-order valence-corrected chi connectivity index (χ3v) is 3.88. The fraction of sp³-hybridized carbons (Fsp3) is 0.273. The van der Waals surface area contributed by atoms with Gasteiger partial charge in [-0.3, -0.25) is 9.78 Å². The molecule has 0 bridgehead atoms. The molecule has 1 unspecified atom stereocenters. The number of rotatable bonds is 2. The summed E-state index contributed by atoms with van der Waals surface area (Å²) in [5, 5.41) is 11.5. The lowest BCUT2D eigenvalue weighted by molar-refractivity contribution is -0.141.